The van der Waals surface area contributed by atoms with Gasteiger partial charge in [0.05, 0.1) is 6.54 Å². The van der Waals surface area contributed by atoms with Crippen molar-refractivity contribution >= 4 is 22.8 Å². The van der Waals surface area contributed by atoms with Crippen molar-refractivity contribution in [1.29, 1.82) is 0 Å². The van der Waals surface area contributed by atoms with Crippen LogP contribution in [0.5, 0.6) is 0 Å². The van der Waals surface area contributed by atoms with Crippen molar-refractivity contribution in [3.05, 3.63) is 59.8 Å². The van der Waals surface area contributed by atoms with E-state index in [9.17, 15) is 4.39 Å². The highest BCUT2D eigenvalue weighted by molar-refractivity contribution is 6.17. The molecule has 0 saturated carbocycles. The lowest BCUT2D eigenvalue weighted by atomic mass is 10.2. The zero-order valence-electron chi connectivity index (χ0n) is 10.8. The molecule has 20 heavy (non-hydrogen) atoms. The summed E-state index contributed by atoms with van der Waals surface area (Å²) in [7, 11) is 0. The van der Waals surface area contributed by atoms with Crippen molar-refractivity contribution in [3.8, 4) is 0 Å². The molecule has 0 atom stereocenters. The van der Waals surface area contributed by atoms with Gasteiger partial charge < -0.3 is 4.57 Å². The number of hydrogen-bond donors (Lipinski definition) is 0. The summed E-state index contributed by atoms with van der Waals surface area (Å²) in [4.78, 5) is 8.91. The minimum atomic E-state index is -0.237. The first-order chi connectivity index (χ1) is 9.78. The first-order valence-electron chi connectivity index (χ1n) is 6.38. The Morgan fingerprint density at radius 3 is 2.90 bits per heavy atom. The van der Waals surface area contributed by atoms with Crippen LogP contribution < -0.4 is 0 Å². The number of fused-ring (bicyclic) bond motifs is 1. The van der Waals surface area contributed by atoms with Gasteiger partial charge in [-0.3, -0.25) is 0 Å². The molecule has 0 spiro atoms. The molecule has 0 unspecified atom stereocenters. The van der Waals surface area contributed by atoms with Crippen molar-refractivity contribution in [3.63, 3.8) is 0 Å². The molecule has 3 nitrogen and oxygen atoms in total. The van der Waals surface area contributed by atoms with E-state index in [-0.39, 0.29) is 5.82 Å². The predicted octanol–water partition coefficient (Wildman–Crippen LogP) is 3.40. The third kappa shape index (κ3) is 2.51. The van der Waals surface area contributed by atoms with Gasteiger partial charge in [0, 0.05) is 18.5 Å². The van der Waals surface area contributed by atoms with E-state index in [0.29, 0.717) is 18.8 Å². The summed E-state index contributed by atoms with van der Waals surface area (Å²) in [6.07, 6.45) is 2.39. The SMILES string of the molecule is Fc1cccc(Cn2c(CCCl)nc3cccnc32)c1. The van der Waals surface area contributed by atoms with Crippen LogP contribution in [-0.4, -0.2) is 20.4 Å². The Kier molecular flexibility index (Phi) is 3.65. The summed E-state index contributed by atoms with van der Waals surface area (Å²) in [6, 6.07) is 10.3. The second-order valence-corrected chi connectivity index (χ2v) is 4.91. The van der Waals surface area contributed by atoms with Crippen molar-refractivity contribution < 1.29 is 4.39 Å². The van der Waals surface area contributed by atoms with Crippen molar-refractivity contribution in [1.82, 2.24) is 14.5 Å². The van der Waals surface area contributed by atoms with Gasteiger partial charge in [-0.15, -0.1) is 11.6 Å². The van der Waals surface area contributed by atoms with Gasteiger partial charge in [0.25, 0.3) is 0 Å². The van der Waals surface area contributed by atoms with Crippen LogP contribution in [0.3, 0.4) is 0 Å². The topological polar surface area (TPSA) is 30.7 Å². The van der Waals surface area contributed by atoms with Crippen molar-refractivity contribution in [2.24, 2.45) is 0 Å². The fraction of sp³-hybridized carbons (Fsp3) is 0.200. The van der Waals surface area contributed by atoms with Crippen LogP contribution in [0.4, 0.5) is 4.39 Å². The zero-order valence-corrected chi connectivity index (χ0v) is 11.5. The van der Waals surface area contributed by atoms with Crippen LogP contribution in [0.1, 0.15) is 11.4 Å². The molecule has 0 amide bonds. The molecule has 0 aliphatic carbocycles. The van der Waals surface area contributed by atoms with E-state index in [1.54, 1.807) is 12.3 Å². The van der Waals surface area contributed by atoms with Gasteiger partial charge in [-0.1, -0.05) is 12.1 Å². The molecule has 0 N–H and O–H groups in total. The minimum Gasteiger partial charge on any atom is -0.308 e. The van der Waals surface area contributed by atoms with Gasteiger partial charge in [-0.25, -0.2) is 14.4 Å². The summed E-state index contributed by atoms with van der Waals surface area (Å²) < 4.78 is 15.3. The summed E-state index contributed by atoms with van der Waals surface area (Å²) in [5, 5.41) is 0. The van der Waals surface area contributed by atoms with E-state index in [4.69, 9.17) is 11.6 Å². The van der Waals surface area contributed by atoms with E-state index in [1.165, 1.54) is 12.1 Å². The van der Waals surface area contributed by atoms with E-state index in [2.05, 4.69) is 9.97 Å². The average molecular weight is 290 g/mol. The van der Waals surface area contributed by atoms with Crippen LogP contribution in [0.15, 0.2) is 42.6 Å². The molecule has 0 fully saturated rings. The van der Waals surface area contributed by atoms with Crippen LogP contribution in [0.25, 0.3) is 11.2 Å². The predicted molar refractivity (Wildman–Crippen MR) is 77.5 cm³/mol. The number of benzene rings is 1. The molecule has 2 aromatic heterocycles. The van der Waals surface area contributed by atoms with Crippen LogP contribution in [0, 0.1) is 5.82 Å². The number of imidazole rings is 1. The molecule has 5 heteroatoms. The molecule has 0 aliphatic rings. The van der Waals surface area contributed by atoms with E-state index >= 15 is 0 Å². The molecular weight excluding hydrogens is 277 g/mol. The largest absolute Gasteiger partial charge is 0.308 e. The van der Waals surface area contributed by atoms with Gasteiger partial charge in [0.2, 0.25) is 0 Å². The summed E-state index contributed by atoms with van der Waals surface area (Å²) >= 11 is 5.83. The fourth-order valence-electron chi connectivity index (χ4n) is 2.26. The van der Waals surface area contributed by atoms with Gasteiger partial charge >= 0.3 is 0 Å². The van der Waals surface area contributed by atoms with Crippen molar-refractivity contribution in [2.75, 3.05) is 5.88 Å². The molecule has 1 aromatic carbocycles. The molecule has 0 saturated heterocycles. The molecule has 0 bridgehead atoms. The molecule has 3 aromatic rings. The lowest BCUT2D eigenvalue weighted by Gasteiger charge is -2.08. The monoisotopic (exact) mass is 289 g/mol. The first-order valence-corrected chi connectivity index (χ1v) is 6.92. The quantitative estimate of drug-likeness (QED) is 0.689. The van der Waals surface area contributed by atoms with E-state index in [1.807, 2.05) is 22.8 Å². The first kappa shape index (κ1) is 13.1. The number of alkyl halides is 1. The van der Waals surface area contributed by atoms with Crippen LogP contribution in [0.2, 0.25) is 0 Å². The molecule has 0 aliphatic heterocycles. The Hall–Kier alpha value is -1.94. The Bertz CT molecular complexity index is 739. The summed E-state index contributed by atoms with van der Waals surface area (Å²) in [5.41, 5.74) is 2.52. The molecule has 3 rings (SSSR count). The Labute approximate surface area is 121 Å². The fourth-order valence-corrected chi connectivity index (χ4v) is 2.43. The average Bonchev–Trinajstić information content (AvgIpc) is 2.78. The molecule has 0 radical (unpaired) electrons. The number of halogens is 2. The summed E-state index contributed by atoms with van der Waals surface area (Å²) in [5.74, 6) is 1.13. The van der Waals surface area contributed by atoms with Crippen LogP contribution >= 0.6 is 11.6 Å². The Balaban J connectivity index is 2.06. The van der Waals surface area contributed by atoms with Gasteiger partial charge in [0.15, 0.2) is 5.65 Å². The number of nitrogens with zero attached hydrogens (tertiary/aromatic N) is 3. The second-order valence-electron chi connectivity index (χ2n) is 4.53. The molecule has 102 valence electrons. The highest BCUT2D eigenvalue weighted by Crippen LogP contribution is 2.17. The van der Waals surface area contributed by atoms with Gasteiger partial charge in [-0.05, 0) is 29.8 Å². The van der Waals surface area contributed by atoms with Crippen molar-refractivity contribution in [2.45, 2.75) is 13.0 Å². The standard InChI is InChI=1S/C15H13ClFN3/c16-7-6-14-19-13-5-2-8-18-15(13)20(14)10-11-3-1-4-12(17)9-11/h1-5,8-9H,6-7,10H2. The summed E-state index contributed by atoms with van der Waals surface area (Å²) in [6.45, 7) is 0.539. The lowest BCUT2D eigenvalue weighted by Crippen LogP contribution is -2.06. The number of rotatable bonds is 4. The van der Waals surface area contributed by atoms with Gasteiger partial charge in [0.1, 0.15) is 17.2 Å². The third-order valence-corrected chi connectivity index (χ3v) is 3.32. The molecular formula is C15H13ClFN3. The maximum absolute atomic E-state index is 13.3. The maximum Gasteiger partial charge on any atom is 0.160 e. The second kappa shape index (κ2) is 5.59. The third-order valence-electron chi connectivity index (χ3n) is 3.13. The smallest absolute Gasteiger partial charge is 0.160 e. The zero-order chi connectivity index (χ0) is 13.9. The Morgan fingerprint density at radius 2 is 2.10 bits per heavy atom. The number of pyridine rings is 1. The Morgan fingerprint density at radius 1 is 1.20 bits per heavy atom. The van der Waals surface area contributed by atoms with Gasteiger partial charge in [-0.2, -0.15) is 0 Å². The van der Waals surface area contributed by atoms with Crippen LogP contribution in [-0.2, 0) is 13.0 Å². The van der Waals surface area contributed by atoms with E-state index in [0.717, 1.165) is 22.6 Å². The number of hydrogen-bond acceptors (Lipinski definition) is 2. The maximum atomic E-state index is 13.3. The number of aryl methyl sites for hydroxylation is 1. The number of aromatic nitrogens is 3. The lowest BCUT2D eigenvalue weighted by molar-refractivity contribution is 0.623. The highest BCUT2D eigenvalue weighted by Gasteiger charge is 2.11. The normalized spacial score (nSPS) is 11.1. The minimum absolute atomic E-state index is 0.237. The highest BCUT2D eigenvalue weighted by atomic mass is 35.5. The molecule has 2 heterocycles. The van der Waals surface area contributed by atoms with E-state index < -0.39 is 0 Å².